The fraction of sp³-hybridized carbons (Fsp3) is 0.462. The van der Waals surface area contributed by atoms with Crippen LogP contribution in [-0.2, 0) is 7.05 Å². The van der Waals surface area contributed by atoms with Crippen LogP contribution < -0.4 is 15.5 Å². The van der Waals surface area contributed by atoms with Crippen LogP contribution in [0.4, 0.5) is 11.5 Å². The molecule has 0 radical (unpaired) electrons. The number of hydrogen-bond acceptors (Lipinski definition) is 6. The Balaban J connectivity index is 1.27. The van der Waals surface area contributed by atoms with Crippen LogP contribution in [0.3, 0.4) is 0 Å². The van der Waals surface area contributed by atoms with E-state index in [1.54, 1.807) is 4.68 Å². The molecule has 1 amide bonds. The summed E-state index contributed by atoms with van der Waals surface area (Å²) in [5.41, 5.74) is 5.95. The van der Waals surface area contributed by atoms with Gasteiger partial charge in [-0.2, -0.15) is 5.10 Å². The number of nitrogens with one attached hydrogen (secondary N) is 2. The number of amides is 1. The number of carbonyl (C=O) groups is 1. The number of nitrogens with zero attached hydrogens (tertiary/aromatic N) is 6. The summed E-state index contributed by atoms with van der Waals surface area (Å²) in [6, 6.07) is 5.33. The monoisotopic (exact) mass is 472 g/mol. The summed E-state index contributed by atoms with van der Waals surface area (Å²) >= 11 is 0. The average molecular weight is 473 g/mol. The molecule has 2 fully saturated rings. The lowest BCUT2D eigenvalue weighted by Gasteiger charge is -2.34. The molecule has 35 heavy (non-hydrogen) atoms. The molecule has 4 heterocycles. The van der Waals surface area contributed by atoms with Crippen LogP contribution in [0.15, 0.2) is 24.5 Å². The molecule has 6 rings (SSSR count). The third-order valence-electron chi connectivity index (χ3n) is 7.39. The van der Waals surface area contributed by atoms with Gasteiger partial charge < -0.3 is 15.5 Å². The Labute approximate surface area is 204 Å². The average Bonchev–Trinajstić information content (AvgIpc) is 3.40. The molecule has 0 bridgehead atoms. The molecule has 1 aliphatic carbocycles. The van der Waals surface area contributed by atoms with Crippen LogP contribution in [0.2, 0.25) is 0 Å². The normalized spacial score (nSPS) is 17.0. The predicted molar refractivity (Wildman–Crippen MR) is 137 cm³/mol. The zero-order valence-electron chi connectivity index (χ0n) is 20.8. The number of aryl methyl sites for hydroxylation is 4. The molecule has 1 aromatic carbocycles. The number of aromatic nitrogens is 5. The molecule has 1 saturated heterocycles. The Morgan fingerprint density at radius 2 is 1.71 bits per heavy atom. The minimum Gasteiger partial charge on any atom is -0.371 e. The Morgan fingerprint density at radius 3 is 2.46 bits per heavy atom. The van der Waals surface area contributed by atoms with Gasteiger partial charge in [0.05, 0.1) is 23.1 Å². The molecule has 3 aromatic heterocycles. The minimum atomic E-state index is -0.212. The summed E-state index contributed by atoms with van der Waals surface area (Å²) in [5, 5.41) is 12.4. The van der Waals surface area contributed by atoms with Crippen molar-refractivity contribution < 1.29 is 4.79 Å². The third-order valence-corrected chi connectivity index (χ3v) is 7.39. The molecule has 9 heteroatoms. The molecule has 182 valence electrons. The zero-order chi connectivity index (χ0) is 24.3. The van der Waals surface area contributed by atoms with Gasteiger partial charge in [0.2, 0.25) is 0 Å². The Kier molecular flexibility index (Phi) is 5.25. The first kappa shape index (κ1) is 22.0. The van der Waals surface area contributed by atoms with Gasteiger partial charge in [0, 0.05) is 55.2 Å². The van der Waals surface area contributed by atoms with Gasteiger partial charge in [-0.3, -0.25) is 18.9 Å². The molecule has 2 aliphatic rings. The Hall–Kier alpha value is -3.46. The van der Waals surface area contributed by atoms with E-state index >= 15 is 0 Å². The molecular formula is C26H32N8O. The molecule has 4 aromatic rings. The summed E-state index contributed by atoms with van der Waals surface area (Å²) in [6.45, 7) is 7.93. The van der Waals surface area contributed by atoms with Gasteiger partial charge in [-0.15, -0.1) is 0 Å². The van der Waals surface area contributed by atoms with Gasteiger partial charge in [0.15, 0.2) is 11.5 Å². The van der Waals surface area contributed by atoms with Crippen LogP contribution in [-0.4, -0.2) is 55.2 Å². The summed E-state index contributed by atoms with van der Waals surface area (Å²) in [6.07, 6.45) is 8.80. The van der Waals surface area contributed by atoms with Gasteiger partial charge in [-0.25, -0.2) is 4.98 Å². The second-order valence-electron chi connectivity index (χ2n) is 10.0. The lowest BCUT2D eigenvalue weighted by molar-refractivity contribution is 0.102. The summed E-state index contributed by atoms with van der Waals surface area (Å²) in [4.78, 5) is 24.9. The molecule has 0 unspecified atom stereocenters. The van der Waals surface area contributed by atoms with Crippen molar-refractivity contribution >= 4 is 34.0 Å². The molecule has 1 saturated carbocycles. The van der Waals surface area contributed by atoms with Crippen LogP contribution in [0.1, 0.15) is 53.1 Å². The van der Waals surface area contributed by atoms with Gasteiger partial charge in [-0.05, 0) is 58.6 Å². The number of benzene rings is 1. The summed E-state index contributed by atoms with van der Waals surface area (Å²) in [7, 11) is 1.90. The van der Waals surface area contributed by atoms with E-state index in [1.807, 2.05) is 50.7 Å². The van der Waals surface area contributed by atoms with Crippen molar-refractivity contribution in [1.29, 1.82) is 0 Å². The van der Waals surface area contributed by atoms with Crippen molar-refractivity contribution in [2.75, 3.05) is 23.3 Å². The van der Waals surface area contributed by atoms with Crippen molar-refractivity contribution in [3.8, 4) is 0 Å². The molecular weight excluding hydrogens is 440 g/mol. The maximum Gasteiger partial charge on any atom is 0.259 e. The first-order valence-corrected chi connectivity index (χ1v) is 12.5. The second kappa shape index (κ2) is 8.34. The molecule has 0 spiro atoms. The van der Waals surface area contributed by atoms with Gasteiger partial charge in [0.1, 0.15) is 5.52 Å². The minimum absolute atomic E-state index is 0.212. The quantitative estimate of drug-likeness (QED) is 0.462. The second-order valence-corrected chi connectivity index (χ2v) is 10.0. The van der Waals surface area contributed by atoms with Gasteiger partial charge in [0.25, 0.3) is 5.91 Å². The Morgan fingerprint density at radius 1 is 0.971 bits per heavy atom. The number of fused-ring (bicyclic) bond motifs is 2. The third kappa shape index (κ3) is 4.03. The highest BCUT2D eigenvalue weighted by Gasteiger charge is 2.28. The lowest BCUT2D eigenvalue weighted by atomic mass is 10.0. The summed E-state index contributed by atoms with van der Waals surface area (Å²) in [5.74, 6) is 0.294. The highest BCUT2D eigenvalue weighted by Crippen LogP contribution is 2.32. The van der Waals surface area contributed by atoms with Crippen molar-refractivity contribution in [2.45, 2.75) is 58.5 Å². The predicted octanol–water partition coefficient (Wildman–Crippen LogP) is 3.51. The zero-order valence-corrected chi connectivity index (χ0v) is 20.8. The first-order chi connectivity index (χ1) is 16.9. The van der Waals surface area contributed by atoms with Gasteiger partial charge >= 0.3 is 0 Å². The number of imidazole rings is 1. The van der Waals surface area contributed by atoms with E-state index in [9.17, 15) is 4.79 Å². The van der Waals surface area contributed by atoms with E-state index in [2.05, 4.69) is 36.7 Å². The fourth-order valence-corrected chi connectivity index (χ4v) is 5.23. The van der Waals surface area contributed by atoms with Crippen molar-refractivity contribution in [2.24, 2.45) is 7.05 Å². The maximum absolute atomic E-state index is 13.3. The molecule has 2 N–H and O–H groups in total. The van der Waals surface area contributed by atoms with Gasteiger partial charge in [-0.1, -0.05) is 0 Å². The maximum atomic E-state index is 13.3. The topological polar surface area (TPSA) is 92.4 Å². The SMILES string of the molecule is Cc1nc(C)c2nc(NC(=O)c3ccc(N4CCC(NC5CC5)CC4)c4cn(C)nc34)cn2c1C. The highest BCUT2D eigenvalue weighted by atomic mass is 16.1. The molecule has 1 aliphatic heterocycles. The van der Waals surface area contributed by atoms with Crippen LogP contribution in [0.5, 0.6) is 0 Å². The molecule has 9 nitrogen and oxygen atoms in total. The van der Waals surface area contributed by atoms with Crippen LogP contribution >= 0.6 is 0 Å². The van der Waals surface area contributed by atoms with E-state index in [0.717, 1.165) is 71.3 Å². The number of rotatable bonds is 5. The van der Waals surface area contributed by atoms with Crippen LogP contribution in [0.25, 0.3) is 16.6 Å². The van der Waals surface area contributed by atoms with E-state index in [1.165, 1.54) is 12.8 Å². The van der Waals surface area contributed by atoms with E-state index < -0.39 is 0 Å². The Bertz CT molecular complexity index is 1440. The largest absolute Gasteiger partial charge is 0.371 e. The fourth-order valence-electron chi connectivity index (χ4n) is 5.23. The van der Waals surface area contributed by atoms with Crippen LogP contribution in [0, 0.1) is 20.8 Å². The van der Waals surface area contributed by atoms with Crippen molar-refractivity contribution in [1.82, 2.24) is 29.5 Å². The van der Waals surface area contributed by atoms with Crippen molar-refractivity contribution in [3.05, 3.63) is 47.2 Å². The lowest BCUT2D eigenvalue weighted by Crippen LogP contribution is -2.43. The number of hydrogen-bond donors (Lipinski definition) is 2. The first-order valence-electron chi connectivity index (χ1n) is 12.5. The number of piperidine rings is 1. The number of carbonyl (C=O) groups excluding carboxylic acids is 1. The van der Waals surface area contributed by atoms with E-state index in [4.69, 9.17) is 0 Å². The van der Waals surface area contributed by atoms with Crippen molar-refractivity contribution in [3.63, 3.8) is 0 Å². The van der Waals surface area contributed by atoms with E-state index in [0.29, 0.717) is 17.4 Å². The highest BCUT2D eigenvalue weighted by molar-refractivity contribution is 6.13. The van der Waals surface area contributed by atoms with E-state index in [-0.39, 0.29) is 5.91 Å². The molecule has 0 atom stereocenters. The standard InChI is InChI=1S/C26H32N8O/c1-15-17(3)34-14-23(29-25(34)16(2)27-15)30-26(35)20-7-8-22(21-13-32(4)31-24(20)21)33-11-9-19(10-12-33)28-18-5-6-18/h7-8,13-14,18-19,28H,5-6,9-12H2,1-4H3,(H,30,35). The number of anilines is 2. The summed E-state index contributed by atoms with van der Waals surface area (Å²) < 4.78 is 3.77. The smallest absolute Gasteiger partial charge is 0.259 e.